The molecule has 3 N–H and O–H groups in total. The minimum Gasteiger partial charge on any atom is -0.480 e. The maximum absolute atomic E-state index is 12.5. The van der Waals surface area contributed by atoms with Gasteiger partial charge in [0.2, 0.25) is 0 Å². The molecule has 0 unspecified atom stereocenters. The van der Waals surface area contributed by atoms with Crippen LogP contribution >= 0.6 is 0 Å². The number of carboxylic acid groups (broad SMARTS) is 1. The van der Waals surface area contributed by atoms with E-state index in [4.69, 9.17) is 0 Å². The minimum absolute atomic E-state index is 0.104. The first-order valence-corrected chi connectivity index (χ1v) is 10.3. The molecule has 1 aliphatic heterocycles. The molecule has 0 radical (unpaired) electrons. The molecule has 8 heteroatoms. The van der Waals surface area contributed by atoms with E-state index in [1.807, 2.05) is 26.0 Å². The van der Waals surface area contributed by atoms with E-state index < -0.39 is 12.0 Å². The number of pyridine rings is 1. The molecule has 0 spiro atoms. The summed E-state index contributed by atoms with van der Waals surface area (Å²) in [6.45, 7) is 8.98. The third-order valence-electron chi connectivity index (χ3n) is 5.59. The van der Waals surface area contributed by atoms with E-state index >= 15 is 0 Å². The third-order valence-corrected chi connectivity index (χ3v) is 5.59. The Morgan fingerprint density at radius 1 is 1.23 bits per heavy atom. The fourth-order valence-electron chi connectivity index (χ4n) is 4.07. The predicted molar refractivity (Wildman–Crippen MR) is 113 cm³/mol. The van der Waals surface area contributed by atoms with Crippen molar-refractivity contribution < 1.29 is 19.5 Å². The number of hydrogen-bond acceptors (Lipinski definition) is 7. The van der Waals surface area contributed by atoms with Gasteiger partial charge in [-0.1, -0.05) is 19.9 Å². The zero-order valence-electron chi connectivity index (χ0n) is 17.8. The number of rotatable bonds is 6. The van der Waals surface area contributed by atoms with Crippen molar-refractivity contribution in [3.05, 3.63) is 35.2 Å². The van der Waals surface area contributed by atoms with Crippen molar-refractivity contribution in [2.75, 3.05) is 31.1 Å². The fraction of sp³-hybridized carbons (Fsp3) is 0.545. The molecule has 30 heavy (non-hydrogen) atoms. The summed E-state index contributed by atoms with van der Waals surface area (Å²) in [7, 11) is 0. The van der Waals surface area contributed by atoms with Crippen LogP contribution in [0.25, 0.3) is 0 Å². The van der Waals surface area contributed by atoms with E-state index in [9.17, 15) is 19.5 Å². The number of nitrogens with zero attached hydrogens (tertiary/aromatic N) is 2. The van der Waals surface area contributed by atoms with Crippen LogP contribution in [0.2, 0.25) is 0 Å². The molecule has 1 saturated carbocycles. The summed E-state index contributed by atoms with van der Waals surface area (Å²) in [6, 6.07) is 2.82. The number of anilines is 1. The number of carbonyl (C=O) groups excluding carboxylic acids is 2. The summed E-state index contributed by atoms with van der Waals surface area (Å²) >= 11 is 0. The summed E-state index contributed by atoms with van der Waals surface area (Å²) in [5, 5.41) is 15.9. The van der Waals surface area contributed by atoms with Crippen molar-refractivity contribution in [3.8, 4) is 0 Å². The van der Waals surface area contributed by atoms with Crippen LogP contribution in [0.1, 0.15) is 39.2 Å². The number of carbonyl (C=O) groups is 3. The molecule has 1 aliphatic carbocycles. The van der Waals surface area contributed by atoms with Gasteiger partial charge >= 0.3 is 5.97 Å². The van der Waals surface area contributed by atoms with Gasteiger partial charge in [-0.15, -0.1) is 0 Å². The Morgan fingerprint density at radius 3 is 2.40 bits per heavy atom. The second-order valence-electron chi connectivity index (χ2n) is 8.87. The van der Waals surface area contributed by atoms with Gasteiger partial charge < -0.3 is 20.6 Å². The SMILES string of the molecule is CC(N[C@@H](Cc1ccc(N2CCNCC2)nc1)C(=O)O)=C1C(=O)CC(C)(C)CC1=O. The zero-order valence-corrected chi connectivity index (χ0v) is 17.8. The number of aromatic nitrogens is 1. The Balaban J connectivity index is 1.71. The topological polar surface area (TPSA) is 112 Å². The van der Waals surface area contributed by atoms with Gasteiger partial charge in [-0.3, -0.25) is 9.59 Å². The predicted octanol–water partition coefficient (Wildman–Crippen LogP) is 1.31. The molecule has 3 rings (SSSR count). The number of nitrogens with one attached hydrogen (secondary N) is 2. The van der Waals surface area contributed by atoms with Crippen LogP contribution in [0.15, 0.2) is 29.6 Å². The van der Waals surface area contributed by atoms with E-state index in [1.54, 1.807) is 13.1 Å². The van der Waals surface area contributed by atoms with Gasteiger partial charge in [0.1, 0.15) is 11.9 Å². The lowest BCUT2D eigenvalue weighted by Gasteiger charge is -2.30. The zero-order chi connectivity index (χ0) is 21.9. The smallest absolute Gasteiger partial charge is 0.326 e. The first kappa shape index (κ1) is 22.0. The number of hydrogen-bond donors (Lipinski definition) is 3. The molecule has 0 bridgehead atoms. The fourth-order valence-corrected chi connectivity index (χ4v) is 4.07. The maximum atomic E-state index is 12.5. The summed E-state index contributed by atoms with van der Waals surface area (Å²) < 4.78 is 0. The van der Waals surface area contributed by atoms with Crippen molar-refractivity contribution in [3.63, 3.8) is 0 Å². The molecule has 1 aromatic rings. The maximum Gasteiger partial charge on any atom is 0.326 e. The molecular formula is C22H30N4O4. The van der Waals surface area contributed by atoms with Crippen LogP contribution in [-0.4, -0.2) is 59.8 Å². The molecule has 0 amide bonds. The number of piperazine rings is 1. The number of Topliss-reactive ketones (excluding diaryl/α,β-unsaturated/α-hetero) is 2. The highest BCUT2D eigenvalue weighted by Gasteiger charge is 2.37. The summed E-state index contributed by atoms with van der Waals surface area (Å²) in [5.41, 5.74) is 0.849. The third kappa shape index (κ3) is 5.24. The molecule has 2 heterocycles. The van der Waals surface area contributed by atoms with Gasteiger partial charge in [-0.05, 0) is 24.0 Å². The van der Waals surface area contributed by atoms with Crippen LogP contribution in [0.4, 0.5) is 5.82 Å². The Kier molecular flexibility index (Phi) is 6.55. The molecule has 0 aromatic carbocycles. The van der Waals surface area contributed by atoms with Crippen molar-refractivity contribution in [1.82, 2.24) is 15.6 Å². The second kappa shape index (κ2) is 8.95. The Labute approximate surface area is 176 Å². The van der Waals surface area contributed by atoms with Crippen molar-refractivity contribution in [2.45, 2.75) is 46.1 Å². The number of ketones is 2. The van der Waals surface area contributed by atoms with Crippen LogP contribution in [0.3, 0.4) is 0 Å². The lowest BCUT2D eigenvalue weighted by molar-refractivity contribution is -0.139. The highest BCUT2D eigenvalue weighted by atomic mass is 16.4. The molecular weight excluding hydrogens is 384 g/mol. The van der Waals surface area contributed by atoms with E-state index in [-0.39, 0.29) is 41.8 Å². The molecule has 1 saturated heterocycles. The van der Waals surface area contributed by atoms with Crippen LogP contribution in [0, 0.1) is 5.41 Å². The summed E-state index contributed by atoms with van der Waals surface area (Å²) in [4.78, 5) is 43.4. The van der Waals surface area contributed by atoms with Crippen molar-refractivity contribution >= 4 is 23.4 Å². The van der Waals surface area contributed by atoms with Crippen LogP contribution < -0.4 is 15.5 Å². The quantitative estimate of drug-likeness (QED) is 0.472. The Morgan fingerprint density at radius 2 is 1.87 bits per heavy atom. The van der Waals surface area contributed by atoms with E-state index in [1.165, 1.54) is 0 Å². The highest BCUT2D eigenvalue weighted by Crippen LogP contribution is 2.34. The molecule has 8 nitrogen and oxygen atoms in total. The summed E-state index contributed by atoms with van der Waals surface area (Å²) in [6.07, 6.45) is 2.45. The standard InChI is InChI=1S/C22H30N4O4/c1-14(20-17(27)11-22(2,3)12-18(20)28)25-16(21(29)30)10-15-4-5-19(24-13-15)26-8-6-23-7-9-26/h4-5,13,16,23,25H,6-12H2,1-3H3,(H,29,30)/t16-/m0/s1. The number of allylic oxidation sites excluding steroid dienone is 2. The molecule has 2 aliphatic rings. The van der Waals surface area contributed by atoms with Gasteiger partial charge in [0, 0.05) is 57.3 Å². The van der Waals surface area contributed by atoms with Gasteiger partial charge in [0.15, 0.2) is 11.6 Å². The number of carboxylic acids is 1. The Hall–Kier alpha value is -2.74. The first-order valence-electron chi connectivity index (χ1n) is 10.3. The van der Waals surface area contributed by atoms with Crippen LogP contribution in [0.5, 0.6) is 0 Å². The average Bonchev–Trinajstić information content (AvgIpc) is 2.67. The van der Waals surface area contributed by atoms with Gasteiger partial charge in [0.25, 0.3) is 0 Å². The highest BCUT2D eigenvalue weighted by molar-refractivity contribution is 6.22. The lowest BCUT2D eigenvalue weighted by Crippen LogP contribution is -2.43. The Bertz CT molecular complexity index is 832. The second-order valence-corrected chi connectivity index (χ2v) is 8.87. The molecule has 1 atom stereocenters. The van der Waals surface area contributed by atoms with Gasteiger partial charge in [-0.2, -0.15) is 0 Å². The van der Waals surface area contributed by atoms with Gasteiger partial charge in [0.05, 0.1) is 5.57 Å². The number of aliphatic carboxylic acids is 1. The molecule has 162 valence electrons. The van der Waals surface area contributed by atoms with Crippen molar-refractivity contribution in [2.24, 2.45) is 5.41 Å². The van der Waals surface area contributed by atoms with E-state index in [2.05, 4.69) is 20.5 Å². The lowest BCUT2D eigenvalue weighted by atomic mass is 9.73. The largest absolute Gasteiger partial charge is 0.480 e. The average molecular weight is 415 g/mol. The van der Waals surface area contributed by atoms with E-state index in [0.717, 1.165) is 37.6 Å². The minimum atomic E-state index is -1.04. The first-order chi connectivity index (χ1) is 14.2. The molecule has 1 aromatic heterocycles. The van der Waals surface area contributed by atoms with Crippen molar-refractivity contribution in [1.29, 1.82) is 0 Å². The monoisotopic (exact) mass is 414 g/mol. The molecule has 2 fully saturated rings. The van der Waals surface area contributed by atoms with E-state index in [0.29, 0.717) is 5.70 Å². The van der Waals surface area contributed by atoms with Gasteiger partial charge in [-0.25, -0.2) is 9.78 Å². The summed E-state index contributed by atoms with van der Waals surface area (Å²) in [5.74, 6) is -0.628. The van der Waals surface area contributed by atoms with Crippen LogP contribution in [-0.2, 0) is 20.8 Å². The normalized spacial score (nSPS) is 20.1.